The molecule has 0 aromatic heterocycles. The van der Waals surface area contributed by atoms with E-state index in [-0.39, 0.29) is 17.3 Å². The molecule has 0 aliphatic carbocycles. The maximum absolute atomic E-state index is 13.7. The minimum atomic E-state index is -1.11. The maximum atomic E-state index is 13.7. The van der Waals surface area contributed by atoms with Crippen LogP contribution in [0.5, 0.6) is 0 Å². The van der Waals surface area contributed by atoms with E-state index in [0.29, 0.717) is 10.0 Å². The van der Waals surface area contributed by atoms with Gasteiger partial charge in [0.15, 0.2) is 0 Å². The quantitative estimate of drug-likeness (QED) is 0.830. The van der Waals surface area contributed by atoms with Crippen LogP contribution in [0.25, 0.3) is 0 Å². The summed E-state index contributed by atoms with van der Waals surface area (Å²) in [7, 11) is 0. The van der Waals surface area contributed by atoms with Crippen molar-refractivity contribution in [2.75, 3.05) is 5.32 Å². The molecule has 2 rings (SSSR count). The summed E-state index contributed by atoms with van der Waals surface area (Å²) in [6.07, 6.45) is 0. The molecule has 21 heavy (non-hydrogen) atoms. The van der Waals surface area contributed by atoms with Crippen LogP contribution in [0.3, 0.4) is 0 Å². The van der Waals surface area contributed by atoms with Crippen LogP contribution >= 0.6 is 23.2 Å². The molecule has 1 unspecified atom stereocenters. The summed E-state index contributed by atoms with van der Waals surface area (Å²) in [5.74, 6) is -1.63. The van der Waals surface area contributed by atoms with E-state index in [1.54, 1.807) is 18.2 Å². The first-order valence-electron chi connectivity index (χ1n) is 6.13. The van der Waals surface area contributed by atoms with Gasteiger partial charge in [-0.05, 0) is 42.8 Å². The highest BCUT2D eigenvalue weighted by atomic mass is 35.5. The van der Waals surface area contributed by atoms with Crippen LogP contribution in [-0.2, 0) is 0 Å². The van der Waals surface area contributed by atoms with Crippen molar-refractivity contribution in [3.05, 3.63) is 63.4 Å². The second-order valence-electron chi connectivity index (χ2n) is 4.54. The number of rotatable bonds is 4. The van der Waals surface area contributed by atoms with Gasteiger partial charge in [-0.25, -0.2) is 9.18 Å². The Labute approximate surface area is 131 Å². The van der Waals surface area contributed by atoms with Gasteiger partial charge in [0.1, 0.15) is 5.82 Å². The summed E-state index contributed by atoms with van der Waals surface area (Å²) in [5, 5.41) is 12.7. The molecule has 0 fully saturated rings. The molecule has 2 aromatic rings. The second-order valence-corrected chi connectivity index (χ2v) is 5.35. The number of carboxylic acids is 1. The molecule has 2 aromatic carbocycles. The Morgan fingerprint density at radius 1 is 1.19 bits per heavy atom. The molecule has 0 aliphatic rings. The van der Waals surface area contributed by atoms with E-state index in [0.717, 1.165) is 11.6 Å². The average Bonchev–Trinajstić information content (AvgIpc) is 2.43. The van der Waals surface area contributed by atoms with E-state index < -0.39 is 11.8 Å². The summed E-state index contributed by atoms with van der Waals surface area (Å²) in [6, 6.07) is 8.43. The predicted octanol–water partition coefficient (Wildman–Crippen LogP) is 5.00. The number of benzene rings is 2. The van der Waals surface area contributed by atoms with Crippen LogP contribution in [0.2, 0.25) is 10.0 Å². The van der Waals surface area contributed by atoms with Crippen molar-refractivity contribution in [2.24, 2.45) is 0 Å². The maximum Gasteiger partial charge on any atom is 0.335 e. The molecule has 0 saturated carbocycles. The Morgan fingerprint density at radius 2 is 1.90 bits per heavy atom. The van der Waals surface area contributed by atoms with Crippen LogP contribution in [0, 0.1) is 5.82 Å². The van der Waals surface area contributed by atoms with Gasteiger partial charge in [-0.3, -0.25) is 0 Å². The van der Waals surface area contributed by atoms with E-state index in [4.69, 9.17) is 28.3 Å². The molecule has 0 aliphatic heterocycles. The van der Waals surface area contributed by atoms with Gasteiger partial charge in [-0.15, -0.1) is 0 Å². The zero-order chi connectivity index (χ0) is 15.6. The Bertz CT molecular complexity index is 691. The monoisotopic (exact) mass is 327 g/mol. The summed E-state index contributed by atoms with van der Waals surface area (Å²) in [6.45, 7) is 1.81. The van der Waals surface area contributed by atoms with Crippen molar-refractivity contribution >= 4 is 34.9 Å². The number of hydrogen-bond donors (Lipinski definition) is 2. The van der Waals surface area contributed by atoms with Gasteiger partial charge < -0.3 is 10.4 Å². The third kappa shape index (κ3) is 3.65. The highest BCUT2D eigenvalue weighted by Gasteiger charge is 2.12. The third-order valence-corrected chi connectivity index (χ3v) is 3.77. The van der Waals surface area contributed by atoms with Gasteiger partial charge in [-0.1, -0.05) is 29.3 Å². The zero-order valence-corrected chi connectivity index (χ0v) is 12.5. The SMILES string of the molecule is CC(Nc1cc(C(=O)O)ccc1F)c1ccc(Cl)c(Cl)c1. The van der Waals surface area contributed by atoms with Crippen LogP contribution < -0.4 is 5.32 Å². The normalized spacial score (nSPS) is 12.0. The number of anilines is 1. The molecule has 6 heteroatoms. The van der Waals surface area contributed by atoms with Gasteiger partial charge in [0.2, 0.25) is 0 Å². The first-order chi connectivity index (χ1) is 9.88. The minimum Gasteiger partial charge on any atom is -0.478 e. The first-order valence-corrected chi connectivity index (χ1v) is 6.88. The predicted molar refractivity (Wildman–Crippen MR) is 81.9 cm³/mol. The Hall–Kier alpha value is -1.78. The standard InChI is InChI=1S/C15H12Cl2FNO2/c1-8(9-2-4-11(16)12(17)6-9)19-14-7-10(15(20)21)3-5-13(14)18/h2-8,19H,1H3,(H,20,21). The molecule has 3 nitrogen and oxygen atoms in total. The molecule has 0 spiro atoms. The van der Waals surface area contributed by atoms with E-state index in [2.05, 4.69) is 5.32 Å². The Balaban J connectivity index is 2.26. The van der Waals surface area contributed by atoms with Gasteiger partial charge >= 0.3 is 5.97 Å². The fourth-order valence-corrected chi connectivity index (χ4v) is 2.17. The molecule has 0 heterocycles. The molecule has 1 atom stereocenters. The van der Waals surface area contributed by atoms with E-state index in [9.17, 15) is 9.18 Å². The third-order valence-electron chi connectivity index (χ3n) is 3.03. The number of carboxylic acid groups (broad SMARTS) is 1. The molecule has 0 radical (unpaired) electrons. The highest BCUT2D eigenvalue weighted by molar-refractivity contribution is 6.42. The van der Waals surface area contributed by atoms with E-state index in [1.807, 2.05) is 6.92 Å². The summed E-state index contributed by atoms with van der Waals surface area (Å²) >= 11 is 11.8. The molecule has 0 amide bonds. The van der Waals surface area contributed by atoms with Gasteiger partial charge in [0.05, 0.1) is 21.3 Å². The number of hydrogen-bond acceptors (Lipinski definition) is 2. The van der Waals surface area contributed by atoms with Crippen LogP contribution in [0.15, 0.2) is 36.4 Å². The number of halogens is 3. The van der Waals surface area contributed by atoms with Crippen LogP contribution in [0.4, 0.5) is 10.1 Å². The van der Waals surface area contributed by atoms with Crippen molar-refractivity contribution in [1.82, 2.24) is 0 Å². The molecule has 0 bridgehead atoms. The van der Waals surface area contributed by atoms with Crippen LogP contribution in [0.1, 0.15) is 28.9 Å². The van der Waals surface area contributed by atoms with E-state index in [1.165, 1.54) is 12.1 Å². The highest BCUT2D eigenvalue weighted by Crippen LogP contribution is 2.28. The molecular weight excluding hydrogens is 316 g/mol. The van der Waals surface area contributed by atoms with Gasteiger partial charge in [0.25, 0.3) is 0 Å². The topological polar surface area (TPSA) is 49.3 Å². The van der Waals surface area contributed by atoms with Crippen molar-refractivity contribution in [3.63, 3.8) is 0 Å². The van der Waals surface area contributed by atoms with Crippen molar-refractivity contribution in [2.45, 2.75) is 13.0 Å². The van der Waals surface area contributed by atoms with Gasteiger partial charge in [-0.2, -0.15) is 0 Å². The Morgan fingerprint density at radius 3 is 2.52 bits per heavy atom. The lowest BCUT2D eigenvalue weighted by Gasteiger charge is -2.17. The number of nitrogens with one attached hydrogen (secondary N) is 1. The lowest BCUT2D eigenvalue weighted by Crippen LogP contribution is -2.09. The van der Waals surface area contributed by atoms with Crippen molar-refractivity contribution < 1.29 is 14.3 Å². The fourth-order valence-electron chi connectivity index (χ4n) is 1.87. The second kappa shape index (κ2) is 6.33. The Kier molecular flexibility index (Phi) is 4.70. The lowest BCUT2D eigenvalue weighted by molar-refractivity contribution is 0.0697. The number of aromatic carboxylic acids is 1. The fraction of sp³-hybridized carbons (Fsp3) is 0.133. The van der Waals surface area contributed by atoms with Gasteiger partial charge in [0, 0.05) is 6.04 Å². The van der Waals surface area contributed by atoms with E-state index >= 15 is 0 Å². The summed E-state index contributed by atoms with van der Waals surface area (Å²) < 4.78 is 13.7. The number of carbonyl (C=O) groups is 1. The molecule has 110 valence electrons. The minimum absolute atomic E-state index is 0.0141. The summed E-state index contributed by atoms with van der Waals surface area (Å²) in [5.41, 5.74) is 0.943. The zero-order valence-electron chi connectivity index (χ0n) is 11.0. The smallest absolute Gasteiger partial charge is 0.335 e. The van der Waals surface area contributed by atoms with Crippen molar-refractivity contribution in [1.29, 1.82) is 0 Å². The van der Waals surface area contributed by atoms with Crippen molar-refractivity contribution in [3.8, 4) is 0 Å². The average molecular weight is 328 g/mol. The largest absolute Gasteiger partial charge is 0.478 e. The molecular formula is C15H12Cl2FNO2. The molecule has 2 N–H and O–H groups in total. The lowest BCUT2D eigenvalue weighted by atomic mass is 10.1. The molecule has 0 saturated heterocycles. The van der Waals surface area contributed by atoms with Crippen LogP contribution in [-0.4, -0.2) is 11.1 Å². The first kappa shape index (κ1) is 15.6. The summed E-state index contributed by atoms with van der Waals surface area (Å²) in [4.78, 5) is 10.9.